The van der Waals surface area contributed by atoms with E-state index in [0.29, 0.717) is 5.84 Å². The van der Waals surface area contributed by atoms with Gasteiger partial charge in [0.25, 0.3) is 0 Å². The molecule has 1 N–H and O–H groups in total. The quantitative estimate of drug-likeness (QED) is 0.591. The van der Waals surface area contributed by atoms with Gasteiger partial charge >= 0.3 is 11.8 Å². The third kappa shape index (κ3) is 2.45. The number of carboxylic acids is 1. The number of hydrogen-bond acceptors (Lipinski definition) is 3. The summed E-state index contributed by atoms with van der Waals surface area (Å²) in [5.41, 5.74) is 0. The van der Waals surface area contributed by atoms with Crippen molar-refractivity contribution in [3.05, 3.63) is 0 Å². The van der Waals surface area contributed by atoms with Gasteiger partial charge in [0.2, 0.25) is 0 Å². The molecule has 0 fully saturated rings. The smallest absolute Gasteiger partial charge is 0.418 e. The maximum Gasteiger partial charge on any atom is 0.418 e. The van der Waals surface area contributed by atoms with Crippen molar-refractivity contribution in [2.45, 2.75) is 0 Å². The number of hydrogen-bond donors (Lipinski definition) is 1. The van der Waals surface area contributed by atoms with Crippen molar-refractivity contribution >= 4 is 11.8 Å². The van der Waals surface area contributed by atoms with Crippen LogP contribution in [-0.4, -0.2) is 78.6 Å². The summed E-state index contributed by atoms with van der Waals surface area (Å²) in [6.07, 6.45) is 0. The van der Waals surface area contributed by atoms with E-state index in [-0.39, 0.29) is 0 Å². The first kappa shape index (κ1) is 11.0. The average molecular weight is 200 g/mol. The summed E-state index contributed by atoms with van der Waals surface area (Å²) in [5.74, 6) is -0.407. The zero-order valence-electron chi connectivity index (χ0n) is 9.03. The Labute approximate surface area is 84.2 Å². The molecule has 1 aliphatic rings. The molecule has 0 saturated carbocycles. The standard InChI is InChI=1S/C9H17N3O2/c1-10(2)4-6-12-7-5-11(3)8(12)9(13)14/h4-7H2,1-3H3/p+1. The molecule has 80 valence electrons. The third-order valence-corrected chi connectivity index (χ3v) is 2.37. The molecule has 0 aromatic heterocycles. The highest BCUT2D eigenvalue weighted by Crippen LogP contribution is 2.00. The van der Waals surface area contributed by atoms with Gasteiger partial charge in [0.05, 0.1) is 13.6 Å². The molecule has 1 rings (SSSR count). The fourth-order valence-electron chi connectivity index (χ4n) is 1.56. The summed E-state index contributed by atoms with van der Waals surface area (Å²) in [4.78, 5) is 14.9. The molecule has 0 saturated heterocycles. The zero-order chi connectivity index (χ0) is 10.7. The zero-order valence-corrected chi connectivity index (χ0v) is 9.03. The molecule has 1 heterocycles. The van der Waals surface area contributed by atoms with Gasteiger partial charge in [-0.15, -0.1) is 0 Å². The van der Waals surface area contributed by atoms with Crippen LogP contribution in [0.5, 0.6) is 0 Å². The van der Waals surface area contributed by atoms with Crippen LogP contribution in [0, 0.1) is 0 Å². The highest BCUT2D eigenvalue weighted by molar-refractivity contribution is 6.32. The van der Waals surface area contributed by atoms with E-state index in [1.54, 1.807) is 4.58 Å². The first-order valence-corrected chi connectivity index (χ1v) is 4.73. The molecule has 0 aliphatic carbocycles. The normalized spacial score (nSPS) is 17.0. The van der Waals surface area contributed by atoms with Crippen LogP contribution < -0.4 is 0 Å². The van der Waals surface area contributed by atoms with Crippen molar-refractivity contribution < 1.29 is 14.5 Å². The Balaban J connectivity index is 2.59. The van der Waals surface area contributed by atoms with Gasteiger partial charge in [-0.2, -0.15) is 0 Å². The van der Waals surface area contributed by atoms with Crippen molar-refractivity contribution in [2.75, 3.05) is 47.3 Å². The van der Waals surface area contributed by atoms with Crippen molar-refractivity contribution in [2.24, 2.45) is 0 Å². The lowest BCUT2D eigenvalue weighted by molar-refractivity contribution is -0.486. The molecule has 0 radical (unpaired) electrons. The molecule has 0 bridgehead atoms. The predicted molar refractivity (Wildman–Crippen MR) is 53.8 cm³/mol. The Morgan fingerprint density at radius 1 is 1.64 bits per heavy atom. The van der Waals surface area contributed by atoms with Crippen LogP contribution in [0.15, 0.2) is 0 Å². The van der Waals surface area contributed by atoms with E-state index < -0.39 is 5.97 Å². The molecular formula is C9H18N3O2+. The number of carbonyl (C=O) groups is 1. The maximum atomic E-state index is 10.9. The molecule has 0 amide bonds. The number of likely N-dealkylation sites (N-methyl/N-ethyl adjacent to an activating group) is 2. The van der Waals surface area contributed by atoms with Gasteiger partial charge in [-0.1, -0.05) is 0 Å². The monoisotopic (exact) mass is 200 g/mol. The Bertz CT molecular complexity index is 261. The Hall–Kier alpha value is -1.10. The summed E-state index contributed by atoms with van der Waals surface area (Å²) >= 11 is 0. The second kappa shape index (κ2) is 4.41. The molecule has 0 aromatic carbocycles. The van der Waals surface area contributed by atoms with Crippen LogP contribution in [0.4, 0.5) is 0 Å². The van der Waals surface area contributed by atoms with Crippen LogP contribution in [0.3, 0.4) is 0 Å². The van der Waals surface area contributed by atoms with E-state index >= 15 is 0 Å². The summed E-state index contributed by atoms with van der Waals surface area (Å²) in [7, 11) is 5.79. The molecule has 5 nitrogen and oxygen atoms in total. The van der Waals surface area contributed by atoms with Gasteiger partial charge in [0.15, 0.2) is 0 Å². The number of rotatable bonds is 4. The second-order valence-electron chi connectivity index (χ2n) is 3.84. The summed E-state index contributed by atoms with van der Waals surface area (Å²) in [6, 6.07) is 0. The summed E-state index contributed by atoms with van der Waals surface area (Å²) in [5, 5.41) is 8.99. The molecule has 0 aromatic rings. The minimum atomic E-state index is -0.830. The number of nitrogens with zero attached hydrogens (tertiary/aromatic N) is 3. The predicted octanol–water partition coefficient (Wildman–Crippen LogP) is -1.01. The van der Waals surface area contributed by atoms with Gasteiger partial charge in [-0.25, -0.2) is 4.79 Å². The van der Waals surface area contributed by atoms with Crippen molar-refractivity contribution in [3.63, 3.8) is 0 Å². The van der Waals surface area contributed by atoms with Crippen LogP contribution >= 0.6 is 0 Å². The van der Waals surface area contributed by atoms with E-state index in [2.05, 4.69) is 4.90 Å². The highest BCUT2D eigenvalue weighted by atomic mass is 16.4. The van der Waals surface area contributed by atoms with E-state index in [1.807, 2.05) is 26.0 Å². The average Bonchev–Trinajstić information content (AvgIpc) is 2.43. The SMILES string of the molecule is CN(C)CCN1CC[N+](C)=C1C(=O)O. The van der Waals surface area contributed by atoms with Crippen LogP contribution in [0.2, 0.25) is 0 Å². The largest absolute Gasteiger partial charge is 0.472 e. The van der Waals surface area contributed by atoms with E-state index in [0.717, 1.165) is 26.2 Å². The van der Waals surface area contributed by atoms with E-state index in [1.165, 1.54) is 0 Å². The van der Waals surface area contributed by atoms with Gasteiger partial charge in [0, 0.05) is 6.54 Å². The lowest BCUT2D eigenvalue weighted by Gasteiger charge is -2.13. The van der Waals surface area contributed by atoms with Gasteiger partial charge in [0.1, 0.15) is 13.1 Å². The third-order valence-electron chi connectivity index (χ3n) is 2.37. The fourth-order valence-corrected chi connectivity index (χ4v) is 1.56. The Morgan fingerprint density at radius 2 is 2.29 bits per heavy atom. The number of carboxylic acid groups (broad SMARTS) is 1. The summed E-state index contributed by atoms with van der Waals surface area (Å²) < 4.78 is 1.79. The fraction of sp³-hybridized carbons (Fsp3) is 0.778. The molecule has 5 heteroatoms. The van der Waals surface area contributed by atoms with Gasteiger partial charge in [-0.3, -0.25) is 9.48 Å². The lowest BCUT2D eigenvalue weighted by Crippen LogP contribution is -2.39. The number of aliphatic carboxylic acids is 1. The molecule has 0 atom stereocenters. The van der Waals surface area contributed by atoms with Crippen molar-refractivity contribution in [3.8, 4) is 0 Å². The molecule has 1 aliphatic heterocycles. The van der Waals surface area contributed by atoms with Gasteiger partial charge < -0.3 is 10.0 Å². The minimum absolute atomic E-state index is 0.423. The van der Waals surface area contributed by atoms with Crippen LogP contribution in [0.1, 0.15) is 0 Å². The topological polar surface area (TPSA) is 46.8 Å². The van der Waals surface area contributed by atoms with Crippen LogP contribution in [0.25, 0.3) is 0 Å². The molecular weight excluding hydrogens is 182 g/mol. The van der Waals surface area contributed by atoms with Crippen molar-refractivity contribution in [1.82, 2.24) is 9.80 Å². The second-order valence-corrected chi connectivity index (χ2v) is 3.84. The molecule has 14 heavy (non-hydrogen) atoms. The number of amidine groups is 1. The van der Waals surface area contributed by atoms with Crippen molar-refractivity contribution in [1.29, 1.82) is 0 Å². The Kier molecular flexibility index (Phi) is 3.46. The summed E-state index contributed by atoms with van der Waals surface area (Å²) in [6.45, 7) is 3.27. The first-order chi connectivity index (χ1) is 6.52. The lowest BCUT2D eigenvalue weighted by atomic mass is 10.4. The Morgan fingerprint density at radius 3 is 2.79 bits per heavy atom. The van der Waals surface area contributed by atoms with Gasteiger partial charge in [-0.05, 0) is 14.1 Å². The first-order valence-electron chi connectivity index (χ1n) is 4.73. The maximum absolute atomic E-state index is 10.9. The minimum Gasteiger partial charge on any atom is -0.472 e. The molecule has 0 unspecified atom stereocenters. The van der Waals surface area contributed by atoms with E-state index in [4.69, 9.17) is 5.11 Å². The van der Waals surface area contributed by atoms with Crippen LogP contribution in [-0.2, 0) is 4.79 Å². The molecule has 0 spiro atoms. The highest BCUT2D eigenvalue weighted by Gasteiger charge is 2.34. The van der Waals surface area contributed by atoms with E-state index in [9.17, 15) is 4.79 Å².